The first kappa shape index (κ1) is 30.9. The van der Waals surface area contributed by atoms with Gasteiger partial charge in [-0.2, -0.15) is 0 Å². The van der Waals surface area contributed by atoms with E-state index in [1.807, 2.05) is 24.8 Å². The van der Waals surface area contributed by atoms with Crippen LogP contribution in [0.15, 0.2) is 195 Å². The number of rotatable bonds is 4. The maximum Gasteiger partial charge on any atom is 0.0571 e. The molecule has 12 aromatic rings. The van der Waals surface area contributed by atoms with E-state index in [1.54, 1.807) is 0 Å². The van der Waals surface area contributed by atoms with Gasteiger partial charge in [-0.05, 0) is 103 Å². The largest absolute Gasteiger partial charge is 0.309 e. The Labute approximate surface area is 322 Å². The lowest BCUT2D eigenvalue weighted by molar-refractivity contribution is 1.13. The number of fused-ring (bicyclic) bond motifs is 9. The normalized spacial score (nSPS) is 11.9. The minimum absolute atomic E-state index is 1.08. The zero-order valence-corrected chi connectivity index (χ0v) is 30.3. The molecule has 0 aliphatic rings. The Morgan fingerprint density at radius 2 is 0.732 bits per heavy atom. The van der Waals surface area contributed by atoms with E-state index in [9.17, 15) is 0 Å². The Balaban J connectivity index is 1.23. The molecule has 0 unspecified atom stereocenters. The molecule has 0 radical (unpaired) electrons. The van der Waals surface area contributed by atoms with Gasteiger partial charge in [0.05, 0.1) is 22.1 Å². The van der Waals surface area contributed by atoms with Crippen LogP contribution in [-0.2, 0) is 0 Å². The van der Waals surface area contributed by atoms with Gasteiger partial charge in [-0.3, -0.25) is 9.97 Å². The molecule has 0 amide bonds. The lowest BCUT2D eigenvalue weighted by atomic mass is 9.85. The van der Waals surface area contributed by atoms with Gasteiger partial charge in [-0.1, -0.05) is 121 Å². The average molecular weight is 713 g/mol. The van der Waals surface area contributed by atoms with Crippen LogP contribution in [0.5, 0.6) is 0 Å². The molecule has 0 saturated heterocycles. The zero-order chi connectivity index (χ0) is 36.7. The van der Waals surface area contributed by atoms with Crippen LogP contribution in [-0.4, -0.2) is 19.1 Å². The summed E-state index contributed by atoms with van der Waals surface area (Å²) in [4.78, 5) is 9.11. The van der Waals surface area contributed by atoms with Gasteiger partial charge in [0.2, 0.25) is 0 Å². The van der Waals surface area contributed by atoms with Gasteiger partial charge < -0.3 is 9.13 Å². The van der Waals surface area contributed by atoms with Gasteiger partial charge in [0.25, 0.3) is 0 Å². The van der Waals surface area contributed by atoms with E-state index < -0.39 is 0 Å². The number of aromatic nitrogens is 4. The summed E-state index contributed by atoms with van der Waals surface area (Å²) in [6.07, 6.45) is 7.78. The zero-order valence-electron chi connectivity index (χ0n) is 30.3. The summed E-state index contributed by atoms with van der Waals surface area (Å²) >= 11 is 0. The fraction of sp³-hybridized carbons (Fsp3) is 0. The topological polar surface area (TPSA) is 35.6 Å². The van der Waals surface area contributed by atoms with Crippen LogP contribution in [0.25, 0.3) is 110 Å². The van der Waals surface area contributed by atoms with Crippen molar-refractivity contribution in [2.45, 2.75) is 0 Å². The second-order valence-corrected chi connectivity index (χ2v) is 14.6. The van der Waals surface area contributed by atoms with Crippen LogP contribution in [0.3, 0.4) is 0 Å². The molecule has 4 heterocycles. The van der Waals surface area contributed by atoms with Crippen molar-refractivity contribution in [1.29, 1.82) is 0 Å². The smallest absolute Gasteiger partial charge is 0.0571 e. The minimum Gasteiger partial charge on any atom is -0.309 e. The Morgan fingerprint density at radius 1 is 0.304 bits per heavy atom. The van der Waals surface area contributed by atoms with Gasteiger partial charge >= 0.3 is 0 Å². The van der Waals surface area contributed by atoms with Crippen molar-refractivity contribution < 1.29 is 0 Å². The predicted octanol–water partition coefficient (Wildman–Crippen LogP) is 13.5. The highest BCUT2D eigenvalue weighted by atomic mass is 15.0. The minimum atomic E-state index is 1.08. The summed E-state index contributed by atoms with van der Waals surface area (Å²) in [6.45, 7) is 0. The van der Waals surface area contributed by atoms with E-state index in [4.69, 9.17) is 0 Å². The maximum absolute atomic E-state index is 4.56. The van der Waals surface area contributed by atoms with Crippen LogP contribution in [0.2, 0.25) is 0 Å². The van der Waals surface area contributed by atoms with Crippen LogP contribution in [0.1, 0.15) is 0 Å². The molecule has 4 nitrogen and oxygen atoms in total. The lowest BCUT2D eigenvalue weighted by Gasteiger charge is -2.20. The Kier molecular flexibility index (Phi) is 6.60. The highest BCUT2D eigenvalue weighted by Gasteiger charge is 2.21. The summed E-state index contributed by atoms with van der Waals surface area (Å²) in [5.41, 5.74) is 11.5. The van der Waals surface area contributed by atoms with E-state index in [0.717, 1.165) is 49.8 Å². The third kappa shape index (κ3) is 4.47. The summed E-state index contributed by atoms with van der Waals surface area (Å²) in [6, 6.07) is 62.1. The molecule has 260 valence electrons. The van der Waals surface area contributed by atoms with Crippen LogP contribution >= 0.6 is 0 Å². The average Bonchev–Trinajstić information content (AvgIpc) is 3.78. The molecule has 0 aliphatic heterocycles. The molecular weight excluding hydrogens is 681 g/mol. The molecule has 0 fully saturated rings. The van der Waals surface area contributed by atoms with Gasteiger partial charge in [0.1, 0.15) is 0 Å². The summed E-state index contributed by atoms with van der Waals surface area (Å²) in [5.74, 6) is 0. The van der Waals surface area contributed by atoms with E-state index >= 15 is 0 Å². The fourth-order valence-corrected chi connectivity index (χ4v) is 9.28. The molecule has 0 bridgehead atoms. The third-order valence-electron chi connectivity index (χ3n) is 11.6. The first-order valence-electron chi connectivity index (χ1n) is 19.1. The van der Waals surface area contributed by atoms with Crippen molar-refractivity contribution in [3.8, 4) is 33.6 Å². The van der Waals surface area contributed by atoms with Crippen molar-refractivity contribution in [3.63, 3.8) is 0 Å². The number of benzene rings is 8. The maximum atomic E-state index is 4.56. The lowest BCUT2D eigenvalue weighted by Crippen LogP contribution is -2.01. The van der Waals surface area contributed by atoms with E-state index in [1.165, 1.54) is 59.8 Å². The molecule has 0 spiro atoms. The molecule has 8 aromatic carbocycles. The monoisotopic (exact) mass is 712 g/mol. The number of para-hydroxylation sites is 2. The van der Waals surface area contributed by atoms with E-state index in [-0.39, 0.29) is 0 Å². The van der Waals surface area contributed by atoms with Crippen molar-refractivity contribution in [3.05, 3.63) is 195 Å². The van der Waals surface area contributed by atoms with Crippen LogP contribution < -0.4 is 0 Å². The van der Waals surface area contributed by atoms with Crippen molar-refractivity contribution in [1.82, 2.24) is 19.1 Å². The van der Waals surface area contributed by atoms with Crippen molar-refractivity contribution in [2.24, 2.45) is 0 Å². The fourth-order valence-electron chi connectivity index (χ4n) is 9.28. The van der Waals surface area contributed by atoms with Crippen LogP contribution in [0, 0.1) is 0 Å². The molecule has 4 heteroatoms. The Hall–Kier alpha value is -7.56. The number of pyridine rings is 2. The molecule has 12 rings (SSSR count). The SMILES string of the molecule is c1ccc2cc(-c3c4ccccc4c(-c4cc(-n5c6ccccc6c6cnccc65)cc(-n5c6ccccc6c6cnccc65)c4)c4ccccc34)ccc2c1. The quantitative estimate of drug-likeness (QED) is 0.170. The molecule has 4 aromatic heterocycles. The molecule has 0 atom stereocenters. The Morgan fingerprint density at radius 3 is 1.27 bits per heavy atom. The van der Waals surface area contributed by atoms with Gasteiger partial charge in [-0.15, -0.1) is 0 Å². The van der Waals surface area contributed by atoms with E-state index in [2.05, 4.69) is 189 Å². The Bertz CT molecular complexity index is 3260. The summed E-state index contributed by atoms with van der Waals surface area (Å²) in [5, 5.41) is 12.0. The van der Waals surface area contributed by atoms with Crippen LogP contribution in [0.4, 0.5) is 0 Å². The first-order valence-corrected chi connectivity index (χ1v) is 19.1. The van der Waals surface area contributed by atoms with Gasteiger partial charge in [-0.25, -0.2) is 0 Å². The molecule has 0 N–H and O–H groups in total. The molecule has 0 saturated carbocycles. The van der Waals surface area contributed by atoms with Crippen molar-refractivity contribution >= 4 is 75.9 Å². The molecular formula is C52H32N4. The predicted molar refractivity (Wildman–Crippen MR) is 234 cm³/mol. The van der Waals surface area contributed by atoms with Gasteiger partial charge in [0, 0.05) is 57.7 Å². The van der Waals surface area contributed by atoms with Crippen molar-refractivity contribution in [2.75, 3.05) is 0 Å². The second kappa shape index (κ2) is 12.0. The molecule has 56 heavy (non-hydrogen) atoms. The third-order valence-corrected chi connectivity index (χ3v) is 11.6. The number of hydrogen-bond donors (Lipinski definition) is 0. The summed E-state index contributed by atoms with van der Waals surface area (Å²) in [7, 11) is 0. The highest BCUT2D eigenvalue weighted by Crippen LogP contribution is 2.46. The second-order valence-electron chi connectivity index (χ2n) is 14.6. The highest BCUT2D eigenvalue weighted by molar-refractivity contribution is 6.22. The summed E-state index contributed by atoms with van der Waals surface area (Å²) < 4.78 is 4.81. The number of hydrogen-bond acceptors (Lipinski definition) is 2. The first-order chi connectivity index (χ1) is 27.8. The standard InChI is InChI=1S/C52H32N4/c1-2-12-34-27-35(22-21-33(34)11-1)51-41-15-3-5-17-43(41)52(44-18-6-4-16-42(44)51)36-28-37(55-47-19-9-7-13-39(47)45-31-53-25-23-49(45)55)30-38(29-36)56-48-20-10-8-14-40(48)46-32-54-26-24-50(46)56/h1-32H. The number of nitrogens with zero attached hydrogens (tertiary/aromatic N) is 4. The van der Waals surface area contributed by atoms with Gasteiger partial charge in [0.15, 0.2) is 0 Å². The van der Waals surface area contributed by atoms with E-state index in [0.29, 0.717) is 0 Å². The molecule has 0 aliphatic carbocycles.